The fourth-order valence-electron chi connectivity index (χ4n) is 1.74. The van der Waals surface area contributed by atoms with Crippen LogP contribution in [0.5, 0.6) is 5.75 Å². The molecular formula is C14H14BrNO3. The molecule has 0 spiro atoms. The van der Waals surface area contributed by atoms with Gasteiger partial charge in [0.1, 0.15) is 5.75 Å². The zero-order valence-electron chi connectivity index (χ0n) is 10.7. The summed E-state index contributed by atoms with van der Waals surface area (Å²) < 4.78 is 11.3. The standard InChI is InChI=1S/C14H14BrNO3/c1-3-13(14(17)18-2)19-11-7-9-6-10(15)4-5-12(9)16-8-11/h4-8,13H,3H2,1-2H3. The highest BCUT2D eigenvalue weighted by atomic mass is 79.9. The summed E-state index contributed by atoms with van der Waals surface area (Å²) in [5.41, 5.74) is 0.877. The molecule has 0 N–H and O–H groups in total. The lowest BCUT2D eigenvalue weighted by molar-refractivity contribution is -0.148. The number of carbonyl (C=O) groups excluding carboxylic acids is 1. The van der Waals surface area contributed by atoms with Crippen LogP contribution in [0.2, 0.25) is 0 Å². The van der Waals surface area contributed by atoms with E-state index in [1.54, 1.807) is 6.20 Å². The third kappa shape index (κ3) is 3.23. The van der Waals surface area contributed by atoms with Gasteiger partial charge in [0.05, 0.1) is 18.8 Å². The smallest absolute Gasteiger partial charge is 0.347 e. The van der Waals surface area contributed by atoms with Crippen LogP contribution >= 0.6 is 15.9 Å². The predicted octanol–water partition coefficient (Wildman–Crippen LogP) is 3.33. The molecule has 0 bridgehead atoms. The molecule has 19 heavy (non-hydrogen) atoms. The molecule has 1 heterocycles. The minimum atomic E-state index is -0.601. The number of hydrogen-bond acceptors (Lipinski definition) is 4. The van der Waals surface area contributed by atoms with Crippen LogP contribution < -0.4 is 4.74 Å². The Morgan fingerprint density at radius 3 is 2.89 bits per heavy atom. The first kappa shape index (κ1) is 13.8. The van der Waals surface area contributed by atoms with Crippen molar-refractivity contribution in [3.05, 3.63) is 34.9 Å². The first-order valence-corrected chi connectivity index (χ1v) is 6.73. The summed E-state index contributed by atoms with van der Waals surface area (Å²) >= 11 is 3.41. The van der Waals surface area contributed by atoms with E-state index in [-0.39, 0.29) is 5.97 Å². The second kappa shape index (κ2) is 6.02. The van der Waals surface area contributed by atoms with E-state index in [0.29, 0.717) is 12.2 Å². The molecule has 1 atom stereocenters. The first-order valence-electron chi connectivity index (χ1n) is 5.94. The maximum Gasteiger partial charge on any atom is 0.347 e. The molecule has 0 aliphatic rings. The number of carbonyl (C=O) groups is 1. The van der Waals surface area contributed by atoms with E-state index in [4.69, 9.17) is 9.47 Å². The van der Waals surface area contributed by atoms with Gasteiger partial charge in [0.15, 0.2) is 6.10 Å². The second-order valence-electron chi connectivity index (χ2n) is 4.05. The molecule has 1 unspecified atom stereocenters. The molecule has 0 saturated carbocycles. The maximum atomic E-state index is 11.5. The Bertz CT molecular complexity index is 600. The number of aromatic nitrogens is 1. The van der Waals surface area contributed by atoms with Crippen molar-refractivity contribution in [2.45, 2.75) is 19.4 Å². The maximum absolute atomic E-state index is 11.5. The summed E-state index contributed by atoms with van der Waals surface area (Å²) in [5.74, 6) is 0.180. The fourth-order valence-corrected chi connectivity index (χ4v) is 2.12. The number of rotatable bonds is 4. The van der Waals surface area contributed by atoms with E-state index in [1.165, 1.54) is 7.11 Å². The number of halogens is 1. The molecule has 4 nitrogen and oxygen atoms in total. The van der Waals surface area contributed by atoms with Crippen molar-refractivity contribution in [1.29, 1.82) is 0 Å². The fraction of sp³-hybridized carbons (Fsp3) is 0.286. The Kier molecular flexibility index (Phi) is 4.37. The van der Waals surface area contributed by atoms with Gasteiger partial charge in [-0.25, -0.2) is 4.79 Å². The van der Waals surface area contributed by atoms with Gasteiger partial charge in [0.2, 0.25) is 0 Å². The van der Waals surface area contributed by atoms with Crippen LogP contribution in [0, 0.1) is 0 Å². The summed E-state index contributed by atoms with van der Waals surface area (Å²) in [5, 5.41) is 0.951. The number of esters is 1. The average Bonchev–Trinajstić information content (AvgIpc) is 2.43. The third-order valence-corrected chi connectivity index (χ3v) is 3.22. The Labute approximate surface area is 119 Å². The van der Waals surface area contributed by atoms with E-state index in [0.717, 1.165) is 15.4 Å². The van der Waals surface area contributed by atoms with Gasteiger partial charge in [-0.2, -0.15) is 0 Å². The van der Waals surface area contributed by atoms with Crippen LogP contribution in [0.15, 0.2) is 34.9 Å². The van der Waals surface area contributed by atoms with Crippen LogP contribution in [0.4, 0.5) is 0 Å². The van der Waals surface area contributed by atoms with Crippen LogP contribution in [-0.4, -0.2) is 24.2 Å². The minimum absolute atomic E-state index is 0.378. The van der Waals surface area contributed by atoms with Crippen LogP contribution in [0.1, 0.15) is 13.3 Å². The van der Waals surface area contributed by atoms with E-state index >= 15 is 0 Å². The van der Waals surface area contributed by atoms with Gasteiger partial charge in [-0.3, -0.25) is 4.98 Å². The molecule has 0 amide bonds. The largest absolute Gasteiger partial charge is 0.477 e. The van der Waals surface area contributed by atoms with Crippen molar-refractivity contribution in [1.82, 2.24) is 4.98 Å². The number of nitrogens with zero attached hydrogens (tertiary/aromatic N) is 1. The van der Waals surface area contributed by atoms with Crippen molar-refractivity contribution in [2.24, 2.45) is 0 Å². The van der Waals surface area contributed by atoms with Gasteiger partial charge in [0.25, 0.3) is 0 Å². The normalized spacial score (nSPS) is 12.2. The lowest BCUT2D eigenvalue weighted by atomic mass is 10.2. The molecule has 100 valence electrons. The number of hydrogen-bond donors (Lipinski definition) is 0. The number of methoxy groups -OCH3 is 1. The molecule has 1 aromatic heterocycles. The molecular weight excluding hydrogens is 310 g/mol. The zero-order valence-corrected chi connectivity index (χ0v) is 12.3. The number of fused-ring (bicyclic) bond motifs is 1. The van der Waals surface area contributed by atoms with Crippen molar-refractivity contribution in [2.75, 3.05) is 7.11 Å². The lowest BCUT2D eigenvalue weighted by Gasteiger charge is -2.15. The molecule has 0 aliphatic carbocycles. The number of benzene rings is 1. The minimum Gasteiger partial charge on any atom is -0.477 e. The Hall–Kier alpha value is -1.62. The van der Waals surface area contributed by atoms with E-state index in [9.17, 15) is 4.79 Å². The van der Waals surface area contributed by atoms with Gasteiger partial charge < -0.3 is 9.47 Å². The Morgan fingerprint density at radius 2 is 2.21 bits per heavy atom. The average molecular weight is 324 g/mol. The zero-order chi connectivity index (χ0) is 13.8. The van der Waals surface area contributed by atoms with Crippen LogP contribution in [0.3, 0.4) is 0 Å². The second-order valence-corrected chi connectivity index (χ2v) is 4.96. The quantitative estimate of drug-likeness (QED) is 0.810. The summed E-state index contributed by atoms with van der Waals surface area (Å²) in [6.45, 7) is 1.87. The van der Waals surface area contributed by atoms with Crippen LogP contribution in [0.25, 0.3) is 10.9 Å². The Morgan fingerprint density at radius 1 is 1.42 bits per heavy atom. The van der Waals surface area contributed by atoms with Gasteiger partial charge in [0, 0.05) is 9.86 Å². The van der Waals surface area contributed by atoms with Crippen LogP contribution in [-0.2, 0) is 9.53 Å². The van der Waals surface area contributed by atoms with E-state index in [1.807, 2.05) is 31.2 Å². The third-order valence-electron chi connectivity index (χ3n) is 2.73. The predicted molar refractivity (Wildman–Crippen MR) is 76.2 cm³/mol. The van der Waals surface area contributed by atoms with Gasteiger partial charge in [-0.15, -0.1) is 0 Å². The molecule has 2 aromatic rings. The number of pyridine rings is 1. The SMILES string of the molecule is CCC(Oc1cnc2ccc(Br)cc2c1)C(=O)OC. The van der Waals surface area contributed by atoms with Crippen molar-refractivity contribution >= 4 is 32.8 Å². The van der Waals surface area contributed by atoms with Gasteiger partial charge >= 0.3 is 5.97 Å². The highest BCUT2D eigenvalue weighted by Crippen LogP contribution is 2.23. The van der Waals surface area contributed by atoms with E-state index in [2.05, 4.69) is 20.9 Å². The van der Waals surface area contributed by atoms with Gasteiger partial charge in [-0.1, -0.05) is 22.9 Å². The van der Waals surface area contributed by atoms with Gasteiger partial charge in [-0.05, 0) is 30.7 Å². The summed E-state index contributed by atoms with van der Waals surface area (Å²) in [6, 6.07) is 7.66. The number of ether oxygens (including phenoxy) is 2. The monoisotopic (exact) mass is 323 g/mol. The topological polar surface area (TPSA) is 48.4 Å². The molecule has 2 rings (SSSR count). The molecule has 5 heteroatoms. The molecule has 0 saturated heterocycles. The van der Waals surface area contributed by atoms with E-state index < -0.39 is 6.10 Å². The Balaban J connectivity index is 2.27. The highest BCUT2D eigenvalue weighted by Gasteiger charge is 2.18. The summed E-state index contributed by atoms with van der Waals surface area (Å²) in [7, 11) is 1.35. The molecule has 1 aromatic carbocycles. The lowest BCUT2D eigenvalue weighted by Crippen LogP contribution is -2.27. The molecule has 0 fully saturated rings. The van der Waals surface area contributed by atoms with Crippen molar-refractivity contribution in [3.63, 3.8) is 0 Å². The summed E-state index contributed by atoms with van der Waals surface area (Å²) in [6.07, 6.45) is 1.56. The molecule has 0 radical (unpaired) electrons. The highest BCUT2D eigenvalue weighted by molar-refractivity contribution is 9.10. The molecule has 0 aliphatic heterocycles. The van der Waals surface area contributed by atoms with Crippen molar-refractivity contribution in [3.8, 4) is 5.75 Å². The van der Waals surface area contributed by atoms with Crippen molar-refractivity contribution < 1.29 is 14.3 Å². The summed E-state index contributed by atoms with van der Waals surface area (Å²) in [4.78, 5) is 15.8. The first-order chi connectivity index (χ1) is 9.13.